The normalized spacial score (nSPS) is 13.1. The molecule has 0 aliphatic heterocycles. The highest BCUT2D eigenvalue weighted by Gasteiger charge is 1.90. The first kappa shape index (κ1) is 15.7. The summed E-state index contributed by atoms with van der Waals surface area (Å²) in [6.07, 6.45) is 14.2. The molecule has 0 aliphatic rings. The summed E-state index contributed by atoms with van der Waals surface area (Å²) in [5, 5.41) is 0. The van der Waals surface area contributed by atoms with Gasteiger partial charge in [-0.1, -0.05) is 51.9 Å². The van der Waals surface area contributed by atoms with Crippen LogP contribution in [0.25, 0.3) is 0 Å². The maximum atomic E-state index is 9.99. The summed E-state index contributed by atoms with van der Waals surface area (Å²) in [4.78, 5) is 0. The zero-order chi connectivity index (χ0) is 12.1. The maximum Gasteiger partial charge on any atom is 0.138 e. The minimum atomic E-state index is -2.42. The van der Waals surface area contributed by atoms with Crippen LogP contribution in [0.3, 0.4) is 0 Å². The molecule has 96 valence electrons. The minimum absolute atomic E-state index is 0.895. The second-order valence-corrected chi connectivity index (χ2v) is 4.54. The van der Waals surface area contributed by atoms with Gasteiger partial charge in [0.05, 0.1) is 6.26 Å². The van der Waals surface area contributed by atoms with E-state index in [9.17, 15) is 8.76 Å². The smallest absolute Gasteiger partial charge is 0.138 e. The summed E-state index contributed by atoms with van der Waals surface area (Å²) in [6.45, 7) is 2.23. The van der Waals surface area contributed by atoms with E-state index in [-0.39, 0.29) is 0 Å². The van der Waals surface area contributed by atoms with Crippen molar-refractivity contribution in [3.8, 4) is 0 Å². The monoisotopic (exact) mass is 247 g/mol. The minimum Gasteiger partial charge on any atom is -0.740 e. The highest BCUT2D eigenvalue weighted by Crippen LogP contribution is 2.09. The lowest BCUT2D eigenvalue weighted by Gasteiger charge is -2.01. The Morgan fingerprint density at radius 3 is 2.19 bits per heavy atom. The number of allylic oxidation sites excluding steroid dienone is 1. The van der Waals surface area contributed by atoms with Gasteiger partial charge in [-0.2, -0.15) is 0 Å². The van der Waals surface area contributed by atoms with Gasteiger partial charge in [0, 0.05) is 0 Å². The molecule has 0 N–H and O–H groups in total. The van der Waals surface area contributed by atoms with Crippen molar-refractivity contribution in [2.75, 3.05) is 0 Å². The Kier molecular flexibility index (Phi) is 12.4. The van der Waals surface area contributed by atoms with E-state index in [0.29, 0.717) is 0 Å². The summed E-state index contributed by atoms with van der Waals surface area (Å²) in [5.74, 6) is 0. The summed E-state index contributed by atoms with van der Waals surface area (Å²) < 4.78 is 24.2. The van der Waals surface area contributed by atoms with Crippen LogP contribution in [0.2, 0.25) is 0 Å². The van der Waals surface area contributed by atoms with Gasteiger partial charge in [-0.25, -0.2) is 4.21 Å². The van der Waals surface area contributed by atoms with Crippen LogP contribution >= 0.6 is 0 Å². The standard InChI is InChI=1S/C12H24O3S/c1-2-3-4-5-6-7-8-9-10-11-12-15-16(13)14/h11-12H,2-10H2,1H3,(H,13,14)/p-1. The van der Waals surface area contributed by atoms with Gasteiger partial charge in [0.15, 0.2) is 0 Å². The van der Waals surface area contributed by atoms with Gasteiger partial charge < -0.3 is 8.74 Å². The number of unbranched alkanes of at least 4 members (excludes halogenated alkanes) is 8. The highest BCUT2D eigenvalue weighted by atomic mass is 32.2. The highest BCUT2D eigenvalue weighted by molar-refractivity contribution is 7.74. The van der Waals surface area contributed by atoms with Crippen LogP contribution in [-0.2, 0) is 15.5 Å². The maximum absolute atomic E-state index is 9.99. The van der Waals surface area contributed by atoms with Crippen LogP contribution in [0.4, 0.5) is 0 Å². The second kappa shape index (κ2) is 12.7. The van der Waals surface area contributed by atoms with Gasteiger partial charge in [0.25, 0.3) is 0 Å². The lowest BCUT2D eigenvalue weighted by Crippen LogP contribution is -1.86. The summed E-state index contributed by atoms with van der Waals surface area (Å²) in [6, 6.07) is 0. The van der Waals surface area contributed by atoms with Gasteiger partial charge in [-0.15, -0.1) is 0 Å². The zero-order valence-corrected chi connectivity index (χ0v) is 11.0. The molecule has 3 nitrogen and oxygen atoms in total. The van der Waals surface area contributed by atoms with E-state index >= 15 is 0 Å². The Balaban J connectivity index is 3.03. The Morgan fingerprint density at radius 1 is 1.06 bits per heavy atom. The van der Waals surface area contributed by atoms with Crippen LogP contribution in [-0.4, -0.2) is 8.76 Å². The predicted molar refractivity (Wildman–Crippen MR) is 66.4 cm³/mol. The van der Waals surface area contributed by atoms with Crippen molar-refractivity contribution in [1.29, 1.82) is 0 Å². The molecule has 0 bridgehead atoms. The van der Waals surface area contributed by atoms with Gasteiger partial charge in [-0.3, -0.25) is 0 Å². The average Bonchev–Trinajstić information content (AvgIpc) is 2.25. The van der Waals surface area contributed by atoms with Crippen LogP contribution in [0, 0.1) is 0 Å². The second-order valence-electron chi connectivity index (χ2n) is 3.94. The first-order valence-electron chi connectivity index (χ1n) is 6.18. The van der Waals surface area contributed by atoms with E-state index in [1.54, 1.807) is 6.08 Å². The molecule has 0 aromatic rings. The third-order valence-corrected chi connectivity index (χ3v) is 2.72. The molecule has 0 spiro atoms. The third kappa shape index (κ3) is 13.7. The topological polar surface area (TPSA) is 49.4 Å². The SMILES string of the molecule is CCCCCCCCCCC=COS(=O)[O-]. The average molecular weight is 247 g/mol. The Hall–Kier alpha value is -0.350. The first-order chi connectivity index (χ1) is 7.77. The number of hydrogen-bond donors (Lipinski definition) is 0. The molecule has 0 heterocycles. The molecular formula is C12H23O3S-. The fraction of sp³-hybridized carbons (Fsp3) is 0.833. The van der Waals surface area contributed by atoms with Crippen molar-refractivity contribution in [3.05, 3.63) is 12.3 Å². The van der Waals surface area contributed by atoms with Crippen molar-refractivity contribution in [2.45, 2.75) is 64.7 Å². The first-order valence-corrected chi connectivity index (χ1v) is 7.18. The van der Waals surface area contributed by atoms with Gasteiger partial charge in [0.2, 0.25) is 0 Å². The van der Waals surface area contributed by atoms with Gasteiger partial charge in [0.1, 0.15) is 11.4 Å². The Bertz CT molecular complexity index is 193. The molecular weight excluding hydrogens is 224 g/mol. The van der Waals surface area contributed by atoms with Crippen LogP contribution in [0.1, 0.15) is 64.7 Å². The van der Waals surface area contributed by atoms with Crippen molar-refractivity contribution >= 4 is 11.4 Å². The molecule has 0 aromatic carbocycles. The summed E-state index contributed by atoms with van der Waals surface area (Å²) in [5.41, 5.74) is 0. The molecule has 0 rings (SSSR count). The molecule has 1 atom stereocenters. The van der Waals surface area contributed by atoms with Crippen LogP contribution in [0.15, 0.2) is 12.3 Å². The van der Waals surface area contributed by atoms with Crippen molar-refractivity contribution in [1.82, 2.24) is 0 Å². The molecule has 0 aromatic heterocycles. The van der Waals surface area contributed by atoms with Gasteiger partial charge in [-0.05, 0) is 18.9 Å². The molecule has 0 saturated carbocycles. The Labute approximate surface area is 102 Å². The Morgan fingerprint density at radius 2 is 1.62 bits per heavy atom. The number of hydrogen-bond acceptors (Lipinski definition) is 3. The van der Waals surface area contributed by atoms with E-state index in [2.05, 4.69) is 11.1 Å². The van der Waals surface area contributed by atoms with Crippen LogP contribution < -0.4 is 0 Å². The molecule has 16 heavy (non-hydrogen) atoms. The summed E-state index contributed by atoms with van der Waals surface area (Å²) in [7, 11) is 0. The molecule has 0 saturated heterocycles. The zero-order valence-electron chi connectivity index (χ0n) is 10.2. The summed E-state index contributed by atoms with van der Waals surface area (Å²) >= 11 is -2.42. The molecule has 0 aliphatic carbocycles. The van der Waals surface area contributed by atoms with Crippen LogP contribution in [0.5, 0.6) is 0 Å². The fourth-order valence-electron chi connectivity index (χ4n) is 1.55. The fourth-order valence-corrected chi connectivity index (χ4v) is 1.72. The van der Waals surface area contributed by atoms with Crippen molar-refractivity contribution < 1.29 is 12.9 Å². The van der Waals surface area contributed by atoms with E-state index in [1.165, 1.54) is 51.2 Å². The third-order valence-electron chi connectivity index (χ3n) is 2.45. The lowest BCUT2D eigenvalue weighted by atomic mass is 10.1. The van der Waals surface area contributed by atoms with E-state index < -0.39 is 11.4 Å². The molecule has 0 radical (unpaired) electrons. The van der Waals surface area contributed by atoms with E-state index in [0.717, 1.165) is 12.8 Å². The quantitative estimate of drug-likeness (QED) is 0.316. The number of rotatable bonds is 11. The molecule has 1 unspecified atom stereocenters. The molecule has 4 heteroatoms. The lowest BCUT2D eigenvalue weighted by molar-refractivity contribution is 0.404. The largest absolute Gasteiger partial charge is 0.740 e. The predicted octanol–water partition coefficient (Wildman–Crippen LogP) is 3.84. The van der Waals surface area contributed by atoms with E-state index in [1.807, 2.05) is 0 Å². The van der Waals surface area contributed by atoms with Gasteiger partial charge >= 0.3 is 0 Å². The van der Waals surface area contributed by atoms with E-state index in [4.69, 9.17) is 0 Å². The molecule has 0 fully saturated rings. The van der Waals surface area contributed by atoms with Crippen molar-refractivity contribution in [3.63, 3.8) is 0 Å². The molecule has 0 amide bonds. The van der Waals surface area contributed by atoms with Crippen molar-refractivity contribution in [2.24, 2.45) is 0 Å².